The van der Waals surface area contributed by atoms with Gasteiger partial charge in [-0.2, -0.15) is 5.10 Å². The predicted molar refractivity (Wildman–Crippen MR) is 65.1 cm³/mol. The summed E-state index contributed by atoms with van der Waals surface area (Å²) in [6, 6.07) is 1.22. The summed E-state index contributed by atoms with van der Waals surface area (Å²) in [4.78, 5) is 2.47. The van der Waals surface area contributed by atoms with Crippen molar-refractivity contribution in [2.24, 2.45) is 0 Å². The topological polar surface area (TPSA) is 21.1 Å². The minimum absolute atomic E-state index is 0.567. The molecule has 1 aliphatic heterocycles. The molecule has 3 nitrogen and oxygen atoms in total. The van der Waals surface area contributed by atoms with E-state index in [1.54, 1.807) is 0 Å². The number of halogens is 1. The number of hydrogen-bond donors (Lipinski definition) is 0. The van der Waals surface area contributed by atoms with Crippen molar-refractivity contribution in [3.8, 4) is 0 Å². The van der Waals surface area contributed by atoms with Gasteiger partial charge in [-0.3, -0.25) is 9.58 Å². The zero-order chi connectivity index (χ0) is 11.2. The Balaban J connectivity index is 2.10. The summed E-state index contributed by atoms with van der Waals surface area (Å²) in [6.07, 6.45) is 0. The van der Waals surface area contributed by atoms with E-state index in [0.717, 1.165) is 23.3 Å². The fraction of sp³-hybridized carbons (Fsp3) is 0.727. The lowest BCUT2D eigenvalue weighted by atomic mass is 10.1. The van der Waals surface area contributed by atoms with Crippen LogP contribution in [0.25, 0.3) is 0 Å². The van der Waals surface area contributed by atoms with Crippen LogP contribution in [-0.2, 0) is 0 Å². The van der Waals surface area contributed by atoms with Crippen molar-refractivity contribution in [2.45, 2.75) is 39.8 Å². The third-order valence-electron chi connectivity index (χ3n) is 3.20. The second-order valence-electron chi connectivity index (χ2n) is 4.63. The van der Waals surface area contributed by atoms with E-state index < -0.39 is 0 Å². The van der Waals surface area contributed by atoms with Gasteiger partial charge in [-0.1, -0.05) is 0 Å². The summed E-state index contributed by atoms with van der Waals surface area (Å²) in [6.45, 7) is 10.9. The average molecular weight is 272 g/mol. The summed E-state index contributed by atoms with van der Waals surface area (Å²) in [5.41, 5.74) is 2.34. The molecular weight excluding hydrogens is 254 g/mol. The van der Waals surface area contributed by atoms with Crippen molar-refractivity contribution in [3.63, 3.8) is 0 Å². The first-order chi connectivity index (χ1) is 7.00. The molecular formula is C11H18BrN3. The van der Waals surface area contributed by atoms with E-state index in [4.69, 9.17) is 0 Å². The second kappa shape index (κ2) is 3.91. The Bertz CT molecular complexity index is 364. The van der Waals surface area contributed by atoms with Crippen molar-refractivity contribution in [2.75, 3.05) is 13.1 Å². The van der Waals surface area contributed by atoms with E-state index in [1.165, 1.54) is 5.69 Å². The van der Waals surface area contributed by atoms with Crippen LogP contribution in [-0.4, -0.2) is 33.8 Å². The van der Waals surface area contributed by atoms with E-state index in [1.807, 2.05) is 6.92 Å². The van der Waals surface area contributed by atoms with Crippen molar-refractivity contribution in [3.05, 3.63) is 15.9 Å². The van der Waals surface area contributed by atoms with Crippen molar-refractivity contribution >= 4 is 15.9 Å². The number of aromatic nitrogens is 2. The van der Waals surface area contributed by atoms with E-state index >= 15 is 0 Å². The van der Waals surface area contributed by atoms with E-state index in [2.05, 4.69) is 51.4 Å². The molecule has 1 aromatic heterocycles. The van der Waals surface area contributed by atoms with Gasteiger partial charge >= 0.3 is 0 Å². The van der Waals surface area contributed by atoms with Crippen molar-refractivity contribution in [1.82, 2.24) is 14.7 Å². The molecule has 4 heteroatoms. The highest BCUT2D eigenvalue weighted by molar-refractivity contribution is 9.10. The fourth-order valence-electron chi connectivity index (χ4n) is 2.06. The fourth-order valence-corrected chi connectivity index (χ4v) is 2.32. The first-order valence-electron chi connectivity index (χ1n) is 5.46. The first-order valence-corrected chi connectivity index (χ1v) is 6.25. The lowest BCUT2D eigenvalue weighted by molar-refractivity contribution is 0.0661. The van der Waals surface area contributed by atoms with Gasteiger partial charge in [0.2, 0.25) is 0 Å². The van der Waals surface area contributed by atoms with Crippen LogP contribution in [0.4, 0.5) is 0 Å². The van der Waals surface area contributed by atoms with Gasteiger partial charge in [-0.05, 0) is 43.6 Å². The molecule has 0 saturated carbocycles. The van der Waals surface area contributed by atoms with Gasteiger partial charge in [0.25, 0.3) is 0 Å². The number of hydrogen-bond acceptors (Lipinski definition) is 2. The molecule has 1 aromatic rings. The molecule has 2 rings (SSSR count). The molecule has 0 aromatic carbocycles. The van der Waals surface area contributed by atoms with Crippen LogP contribution in [0.5, 0.6) is 0 Å². The monoisotopic (exact) mass is 271 g/mol. The number of aryl methyl sites for hydroxylation is 1. The summed E-state index contributed by atoms with van der Waals surface area (Å²) >= 11 is 3.57. The molecule has 2 heterocycles. The van der Waals surface area contributed by atoms with Crippen LogP contribution >= 0.6 is 15.9 Å². The maximum atomic E-state index is 4.57. The standard InChI is InChI=1S/C11H18BrN3/c1-7(2)14-5-10(6-14)15-9(4)11(12)8(3)13-15/h7,10H,5-6H2,1-4H3. The largest absolute Gasteiger partial charge is 0.297 e. The normalized spacial score (nSPS) is 18.5. The van der Waals surface area contributed by atoms with E-state index in [-0.39, 0.29) is 0 Å². The van der Waals surface area contributed by atoms with E-state index in [9.17, 15) is 0 Å². The lowest BCUT2D eigenvalue weighted by Gasteiger charge is -2.42. The smallest absolute Gasteiger partial charge is 0.0776 e. The molecule has 0 radical (unpaired) electrons. The number of nitrogens with zero attached hydrogens (tertiary/aromatic N) is 3. The zero-order valence-corrected chi connectivity index (χ0v) is 11.4. The molecule has 1 saturated heterocycles. The molecule has 0 spiro atoms. The second-order valence-corrected chi connectivity index (χ2v) is 5.42. The minimum Gasteiger partial charge on any atom is -0.297 e. The minimum atomic E-state index is 0.567. The van der Waals surface area contributed by atoms with Gasteiger partial charge in [0.15, 0.2) is 0 Å². The Morgan fingerprint density at radius 3 is 2.33 bits per heavy atom. The molecule has 84 valence electrons. The molecule has 1 aliphatic rings. The highest BCUT2D eigenvalue weighted by Crippen LogP contribution is 2.28. The van der Waals surface area contributed by atoms with Gasteiger partial charge < -0.3 is 0 Å². The number of likely N-dealkylation sites (tertiary alicyclic amines) is 1. The van der Waals surface area contributed by atoms with Gasteiger partial charge in [0, 0.05) is 19.1 Å². The van der Waals surface area contributed by atoms with Crippen molar-refractivity contribution < 1.29 is 0 Å². The quantitative estimate of drug-likeness (QED) is 0.825. The maximum Gasteiger partial charge on any atom is 0.0776 e. The molecule has 0 unspecified atom stereocenters. The molecule has 0 bridgehead atoms. The van der Waals surface area contributed by atoms with Crippen molar-refractivity contribution in [1.29, 1.82) is 0 Å². The summed E-state index contributed by atoms with van der Waals surface area (Å²) in [7, 11) is 0. The third-order valence-corrected chi connectivity index (χ3v) is 4.35. The average Bonchev–Trinajstić information content (AvgIpc) is 2.31. The summed E-state index contributed by atoms with van der Waals surface area (Å²) in [5.74, 6) is 0. The molecule has 0 N–H and O–H groups in total. The van der Waals surface area contributed by atoms with Gasteiger partial charge in [0.05, 0.1) is 21.9 Å². The molecule has 15 heavy (non-hydrogen) atoms. The maximum absolute atomic E-state index is 4.57. The van der Waals surface area contributed by atoms with E-state index in [0.29, 0.717) is 12.1 Å². The lowest BCUT2D eigenvalue weighted by Crippen LogP contribution is -2.51. The summed E-state index contributed by atoms with van der Waals surface area (Å²) < 4.78 is 3.32. The molecule has 1 fully saturated rings. The highest BCUT2D eigenvalue weighted by Gasteiger charge is 2.31. The Hall–Kier alpha value is -0.350. The number of rotatable bonds is 2. The Kier molecular flexibility index (Phi) is 2.90. The van der Waals surface area contributed by atoms with Crippen LogP contribution in [0, 0.1) is 13.8 Å². The van der Waals surface area contributed by atoms with Gasteiger partial charge in [-0.25, -0.2) is 0 Å². The van der Waals surface area contributed by atoms with Crippen LogP contribution in [0.1, 0.15) is 31.3 Å². The van der Waals surface area contributed by atoms with Crippen LogP contribution in [0.3, 0.4) is 0 Å². The molecule has 0 amide bonds. The van der Waals surface area contributed by atoms with Gasteiger partial charge in [0.1, 0.15) is 0 Å². The van der Waals surface area contributed by atoms with Crippen LogP contribution < -0.4 is 0 Å². The summed E-state index contributed by atoms with van der Waals surface area (Å²) in [5, 5.41) is 4.57. The first kappa shape index (κ1) is 11.1. The SMILES string of the molecule is Cc1nn(C2CN(C(C)C)C2)c(C)c1Br. The Morgan fingerprint density at radius 1 is 1.33 bits per heavy atom. The Morgan fingerprint density at radius 2 is 1.93 bits per heavy atom. The van der Waals surface area contributed by atoms with Crippen LogP contribution in [0.15, 0.2) is 4.47 Å². The predicted octanol–water partition coefficient (Wildman–Crippen LogP) is 2.53. The van der Waals surface area contributed by atoms with Crippen LogP contribution in [0.2, 0.25) is 0 Å². The van der Waals surface area contributed by atoms with Gasteiger partial charge in [-0.15, -0.1) is 0 Å². The molecule has 0 aliphatic carbocycles. The molecule has 0 atom stereocenters. The third kappa shape index (κ3) is 1.85. The zero-order valence-electron chi connectivity index (χ0n) is 9.79. The highest BCUT2D eigenvalue weighted by atomic mass is 79.9. The Labute approximate surface area is 99.6 Å².